The molecule has 0 spiro atoms. The fraction of sp³-hybridized carbons (Fsp3) is 0.417. The van der Waals surface area contributed by atoms with Crippen LogP contribution in [0.4, 0.5) is 4.39 Å². The second-order valence-electron chi connectivity index (χ2n) is 7.93. The zero-order valence-electron chi connectivity index (χ0n) is 17.4. The smallest absolute Gasteiger partial charge is 0.239 e. The first-order chi connectivity index (χ1) is 14.5. The number of rotatable bonds is 8. The standard InChI is InChI=1S/C24H29FN2O3/c1-30-21-10-8-19(9-11-21)24(12-3-2-4-13-24)17-27-23(29)16-26-22(28)15-18-6-5-7-20(25)14-18/h5-11,14H,2-4,12-13,15-17H2,1H3,(H,26,28)(H,27,29). The maximum Gasteiger partial charge on any atom is 0.239 e. The highest BCUT2D eigenvalue weighted by Gasteiger charge is 2.34. The Morgan fingerprint density at radius 3 is 2.40 bits per heavy atom. The van der Waals surface area contributed by atoms with Crippen molar-refractivity contribution in [3.63, 3.8) is 0 Å². The molecule has 1 aliphatic carbocycles. The first-order valence-electron chi connectivity index (χ1n) is 10.4. The summed E-state index contributed by atoms with van der Waals surface area (Å²) in [7, 11) is 1.65. The number of methoxy groups -OCH3 is 1. The lowest BCUT2D eigenvalue weighted by Crippen LogP contribution is -2.45. The van der Waals surface area contributed by atoms with Crippen LogP contribution in [0, 0.1) is 5.82 Å². The maximum atomic E-state index is 13.2. The molecule has 0 unspecified atom stereocenters. The quantitative estimate of drug-likeness (QED) is 0.697. The van der Waals surface area contributed by atoms with E-state index in [1.165, 1.54) is 24.1 Å². The van der Waals surface area contributed by atoms with E-state index >= 15 is 0 Å². The summed E-state index contributed by atoms with van der Waals surface area (Å²) in [6.07, 6.45) is 5.55. The number of carbonyl (C=O) groups excluding carboxylic acids is 2. The minimum absolute atomic E-state index is 0.0425. The van der Waals surface area contributed by atoms with Crippen molar-refractivity contribution in [1.82, 2.24) is 10.6 Å². The van der Waals surface area contributed by atoms with Gasteiger partial charge in [0.2, 0.25) is 11.8 Å². The molecule has 2 aromatic carbocycles. The van der Waals surface area contributed by atoms with E-state index in [4.69, 9.17) is 4.74 Å². The molecule has 30 heavy (non-hydrogen) atoms. The van der Waals surface area contributed by atoms with Gasteiger partial charge in [0.1, 0.15) is 11.6 Å². The number of hydrogen-bond donors (Lipinski definition) is 2. The van der Waals surface area contributed by atoms with Gasteiger partial charge >= 0.3 is 0 Å². The minimum Gasteiger partial charge on any atom is -0.497 e. The van der Waals surface area contributed by atoms with E-state index in [1.807, 2.05) is 12.1 Å². The zero-order chi connectivity index (χ0) is 21.4. The van der Waals surface area contributed by atoms with Crippen LogP contribution in [-0.4, -0.2) is 32.0 Å². The summed E-state index contributed by atoms with van der Waals surface area (Å²) in [6, 6.07) is 14.0. The summed E-state index contributed by atoms with van der Waals surface area (Å²) in [6.45, 7) is 0.449. The van der Waals surface area contributed by atoms with Crippen LogP contribution >= 0.6 is 0 Å². The zero-order valence-corrected chi connectivity index (χ0v) is 17.4. The van der Waals surface area contributed by atoms with Crippen LogP contribution in [0.15, 0.2) is 48.5 Å². The number of carbonyl (C=O) groups is 2. The predicted molar refractivity (Wildman–Crippen MR) is 114 cm³/mol. The van der Waals surface area contributed by atoms with Crippen LogP contribution in [0.25, 0.3) is 0 Å². The summed E-state index contributed by atoms with van der Waals surface area (Å²) >= 11 is 0. The minimum atomic E-state index is -0.380. The van der Waals surface area contributed by atoms with Gasteiger partial charge in [-0.25, -0.2) is 4.39 Å². The third-order valence-electron chi connectivity index (χ3n) is 5.84. The third kappa shape index (κ3) is 5.81. The molecule has 2 amide bonds. The molecule has 0 aliphatic heterocycles. The van der Waals surface area contributed by atoms with Crippen molar-refractivity contribution in [2.45, 2.75) is 43.9 Å². The average Bonchev–Trinajstić information content (AvgIpc) is 2.77. The largest absolute Gasteiger partial charge is 0.497 e. The molecule has 2 aromatic rings. The van der Waals surface area contributed by atoms with Gasteiger partial charge in [-0.1, -0.05) is 43.5 Å². The van der Waals surface area contributed by atoms with E-state index in [0.29, 0.717) is 12.1 Å². The predicted octanol–water partition coefficient (Wildman–Crippen LogP) is 3.51. The Labute approximate surface area is 177 Å². The molecule has 0 aromatic heterocycles. The molecule has 160 valence electrons. The second-order valence-corrected chi connectivity index (χ2v) is 7.93. The van der Waals surface area contributed by atoms with E-state index < -0.39 is 0 Å². The van der Waals surface area contributed by atoms with Gasteiger partial charge in [-0.15, -0.1) is 0 Å². The summed E-state index contributed by atoms with van der Waals surface area (Å²) in [5, 5.41) is 5.62. The molecular formula is C24H29FN2O3. The van der Waals surface area contributed by atoms with Gasteiger partial charge in [0.05, 0.1) is 20.1 Å². The topological polar surface area (TPSA) is 67.4 Å². The summed E-state index contributed by atoms with van der Waals surface area (Å²) in [5.41, 5.74) is 1.69. The highest BCUT2D eigenvalue weighted by Crippen LogP contribution is 2.39. The summed E-state index contributed by atoms with van der Waals surface area (Å²) in [4.78, 5) is 24.4. The monoisotopic (exact) mass is 412 g/mol. The van der Waals surface area contributed by atoms with Crippen LogP contribution in [0.1, 0.15) is 43.2 Å². The number of hydrogen-bond acceptors (Lipinski definition) is 3. The van der Waals surface area contributed by atoms with Crippen LogP contribution in [0.2, 0.25) is 0 Å². The SMILES string of the molecule is COc1ccc(C2(CNC(=O)CNC(=O)Cc3cccc(F)c3)CCCCC2)cc1. The number of halogens is 1. The van der Waals surface area contributed by atoms with Gasteiger partial charge in [0.25, 0.3) is 0 Å². The van der Waals surface area contributed by atoms with E-state index in [2.05, 4.69) is 22.8 Å². The summed E-state index contributed by atoms with van der Waals surface area (Å²) < 4.78 is 18.5. The first-order valence-corrected chi connectivity index (χ1v) is 10.4. The molecule has 1 saturated carbocycles. The molecule has 6 heteroatoms. The van der Waals surface area contributed by atoms with Crippen LogP contribution in [-0.2, 0) is 21.4 Å². The van der Waals surface area contributed by atoms with Gasteiger partial charge in [0, 0.05) is 12.0 Å². The van der Waals surface area contributed by atoms with Crippen LogP contribution < -0.4 is 15.4 Å². The molecule has 0 heterocycles. The number of amides is 2. The van der Waals surface area contributed by atoms with Crippen molar-refractivity contribution in [2.75, 3.05) is 20.2 Å². The van der Waals surface area contributed by atoms with E-state index in [9.17, 15) is 14.0 Å². The number of benzene rings is 2. The second kappa shape index (κ2) is 10.2. The summed E-state index contributed by atoms with van der Waals surface area (Å²) in [5.74, 6) is -0.0940. The molecule has 0 bridgehead atoms. The Kier molecular flexibility index (Phi) is 7.44. The van der Waals surface area contributed by atoms with Gasteiger partial charge in [0.15, 0.2) is 0 Å². The van der Waals surface area contributed by atoms with Crippen LogP contribution in [0.5, 0.6) is 5.75 Å². The lowest BCUT2D eigenvalue weighted by atomic mass is 9.69. The highest BCUT2D eigenvalue weighted by molar-refractivity contribution is 5.85. The number of nitrogens with one attached hydrogen (secondary N) is 2. The number of ether oxygens (including phenoxy) is 1. The Morgan fingerprint density at radius 2 is 1.73 bits per heavy atom. The first kappa shape index (κ1) is 21.8. The third-order valence-corrected chi connectivity index (χ3v) is 5.84. The molecule has 0 saturated heterocycles. The van der Waals surface area contributed by atoms with Crippen molar-refractivity contribution < 1.29 is 18.7 Å². The van der Waals surface area contributed by atoms with Gasteiger partial charge in [-0.3, -0.25) is 9.59 Å². The Hall–Kier alpha value is -2.89. The Balaban J connectivity index is 1.53. The van der Waals surface area contributed by atoms with Gasteiger partial charge < -0.3 is 15.4 Å². The Morgan fingerprint density at radius 1 is 1.00 bits per heavy atom. The lowest BCUT2D eigenvalue weighted by molar-refractivity contribution is -0.125. The fourth-order valence-electron chi connectivity index (χ4n) is 4.14. The highest BCUT2D eigenvalue weighted by atomic mass is 19.1. The molecule has 0 radical (unpaired) electrons. The van der Waals surface area contributed by atoms with Crippen molar-refractivity contribution in [2.24, 2.45) is 0 Å². The van der Waals surface area contributed by atoms with E-state index in [0.717, 1.165) is 31.4 Å². The van der Waals surface area contributed by atoms with Crippen molar-refractivity contribution in [1.29, 1.82) is 0 Å². The molecule has 1 fully saturated rings. The molecule has 3 rings (SSSR count). The van der Waals surface area contributed by atoms with E-state index in [-0.39, 0.29) is 36.0 Å². The molecule has 5 nitrogen and oxygen atoms in total. The van der Waals surface area contributed by atoms with Crippen molar-refractivity contribution in [3.8, 4) is 5.75 Å². The lowest BCUT2D eigenvalue weighted by Gasteiger charge is -2.38. The molecular weight excluding hydrogens is 383 g/mol. The normalized spacial score (nSPS) is 15.3. The Bertz CT molecular complexity index is 861. The average molecular weight is 413 g/mol. The fourth-order valence-corrected chi connectivity index (χ4v) is 4.14. The van der Waals surface area contributed by atoms with Crippen LogP contribution in [0.3, 0.4) is 0 Å². The van der Waals surface area contributed by atoms with Gasteiger partial charge in [-0.2, -0.15) is 0 Å². The molecule has 2 N–H and O–H groups in total. The van der Waals surface area contributed by atoms with Crippen molar-refractivity contribution in [3.05, 3.63) is 65.5 Å². The van der Waals surface area contributed by atoms with Crippen molar-refractivity contribution >= 4 is 11.8 Å². The van der Waals surface area contributed by atoms with Gasteiger partial charge in [-0.05, 0) is 48.2 Å². The molecule has 0 atom stereocenters. The van der Waals surface area contributed by atoms with E-state index in [1.54, 1.807) is 19.2 Å². The molecule has 1 aliphatic rings. The maximum absolute atomic E-state index is 13.2.